The van der Waals surface area contributed by atoms with Crippen LogP contribution in [-0.2, 0) is 23.9 Å². The van der Waals surface area contributed by atoms with E-state index in [0.29, 0.717) is 55.9 Å². The molecule has 2 aliphatic heterocycles. The van der Waals surface area contributed by atoms with Gasteiger partial charge in [-0.1, -0.05) is 6.42 Å². The molecule has 2 aromatic rings. The van der Waals surface area contributed by atoms with Gasteiger partial charge in [0, 0.05) is 56.8 Å². The van der Waals surface area contributed by atoms with E-state index >= 15 is 0 Å². The number of ether oxygens (including phenoxy) is 1. The summed E-state index contributed by atoms with van der Waals surface area (Å²) in [5.41, 5.74) is -1.39. The van der Waals surface area contributed by atoms with Crippen LogP contribution in [0.4, 0.5) is 17.6 Å². The number of benzene rings is 1. The molecule has 1 aromatic carbocycles. The van der Waals surface area contributed by atoms with Crippen LogP contribution in [-0.4, -0.2) is 41.0 Å². The number of nitrogens with one attached hydrogen (secondary N) is 1. The fourth-order valence-electron chi connectivity index (χ4n) is 7.85. The van der Waals surface area contributed by atoms with Crippen molar-refractivity contribution in [3.8, 4) is 11.8 Å². The maximum absolute atomic E-state index is 14.2. The van der Waals surface area contributed by atoms with Gasteiger partial charge in [0.1, 0.15) is 17.6 Å². The third-order valence-electron chi connectivity index (χ3n) is 9.76. The van der Waals surface area contributed by atoms with E-state index in [0.717, 1.165) is 37.9 Å². The van der Waals surface area contributed by atoms with Gasteiger partial charge in [-0.05, 0) is 73.4 Å². The summed E-state index contributed by atoms with van der Waals surface area (Å²) in [6.07, 6.45) is 1.33. The number of amides is 1. The van der Waals surface area contributed by atoms with Gasteiger partial charge in [-0.2, -0.15) is 18.4 Å². The molecule has 0 bridgehead atoms. The molecule has 0 spiro atoms. The predicted molar refractivity (Wildman–Crippen MR) is 137 cm³/mol. The maximum atomic E-state index is 14.2. The lowest BCUT2D eigenvalue weighted by Crippen LogP contribution is -2.55. The molecule has 6 rings (SSSR count). The molecule has 4 aliphatic rings. The van der Waals surface area contributed by atoms with E-state index in [9.17, 15) is 27.6 Å². The zero-order chi connectivity index (χ0) is 28.1. The van der Waals surface area contributed by atoms with Crippen LogP contribution < -0.4 is 10.1 Å². The van der Waals surface area contributed by atoms with Crippen LogP contribution in [0.15, 0.2) is 36.5 Å². The molecule has 3 fully saturated rings. The van der Waals surface area contributed by atoms with Gasteiger partial charge in [0.15, 0.2) is 5.60 Å². The third-order valence-corrected chi connectivity index (χ3v) is 9.76. The summed E-state index contributed by atoms with van der Waals surface area (Å²) in [6.45, 7) is 1.77. The minimum atomic E-state index is -4.49. The summed E-state index contributed by atoms with van der Waals surface area (Å²) < 4.78 is 59.8. The molecule has 2 unspecified atom stereocenters. The Balaban J connectivity index is 1.24. The maximum Gasteiger partial charge on any atom is 0.417 e. The molecule has 2 saturated carbocycles. The quantitative estimate of drug-likeness (QED) is 0.519. The number of halogens is 4. The van der Waals surface area contributed by atoms with Crippen molar-refractivity contribution in [1.82, 2.24) is 15.2 Å². The minimum Gasteiger partial charge on any atom is -0.472 e. The summed E-state index contributed by atoms with van der Waals surface area (Å²) >= 11 is 0. The van der Waals surface area contributed by atoms with Crippen LogP contribution in [0, 0.1) is 40.3 Å². The van der Waals surface area contributed by atoms with Gasteiger partial charge in [0.05, 0.1) is 11.0 Å². The van der Waals surface area contributed by atoms with Gasteiger partial charge in [0.2, 0.25) is 5.91 Å². The van der Waals surface area contributed by atoms with Crippen LogP contribution >= 0.6 is 0 Å². The van der Waals surface area contributed by atoms with Gasteiger partial charge in [-0.25, -0.2) is 4.39 Å². The van der Waals surface area contributed by atoms with E-state index in [-0.39, 0.29) is 36.0 Å². The highest BCUT2D eigenvalue weighted by molar-refractivity contribution is 5.84. The molecule has 5 atom stereocenters. The molecule has 212 valence electrons. The number of nitriles is 1. The number of pyridine rings is 1. The first-order valence-corrected chi connectivity index (χ1v) is 14.0. The Kier molecular flexibility index (Phi) is 6.76. The number of aromatic nitrogens is 1. The van der Waals surface area contributed by atoms with Crippen molar-refractivity contribution in [2.24, 2.45) is 23.2 Å². The summed E-state index contributed by atoms with van der Waals surface area (Å²) in [7, 11) is 0. The first kappa shape index (κ1) is 27.0. The normalized spacial score (nSPS) is 31.8. The average molecular weight is 557 g/mol. The van der Waals surface area contributed by atoms with Crippen molar-refractivity contribution in [3.63, 3.8) is 0 Å². The van der Waals surface area contributed by atoms with E-state index < -0.39 is 22.8 Å². The van der Waals surface area contributed by atoms with Crippen LogP contribution in [0.2, 0.25) is 0 Å². The van der Waals surface area contributed by atoms with Crippen molar-refractivity contribution in [2.75, 3.05) is 19.6 Å². The van der Waals surface area contributed by atoms with E-state index in [1.165, 1.54) is 24.3 Å². The number of fused-ring (bicyclic) bond motifs is 2. The molecular formula is C30H32F4N4O2. The van der Waals surface area contributed by atoms with Gasteiger partial charge < -0.3 is 15.0 Å². The Morgan fingerprint density at radius 2 is 2.02 bits per heavy atom. The predicted octanol–water partition coefficient (Wildman–Crippen LogP) is 5.27. The number of rotatable bonds is 4. The van der Waals surface area contributed by atoms with Crippen molar-refractivity contribution in [2.45, 2.75) is 63.3 Å². The van der Waals surface area contributed by atoms with Crippen molar-refractivity contribution in [3.05, 3.63) is 59.2 Å². The minimum absolute atomic E-state index is 0.0198. The SMILES string of the molecule is N#CC1(Oc2ccc(F)cc2)CCNCC1[C@@H]1C[C@H]2CCC[C@@]2(C(=O)N2CCc3ncc(C(F)(F)F)cc3C2)C1. The lowest BCUT2D eigenvalue weighted by Gasteiger charge is -2.43. The number of piperidine rings is 1. The molecule has 40 heavy (non-hydrogen) atoms. The summed E-state index contributed by atoms with van der Waals surface area (Å²) in [4.78, 5) is 20.0. The molecule has 1 aromatic heterocycles. The Hall–Kier alpha value is -3.19. The van der Waals surface area contributed by atoms with Crippen LogP contribution in [0.1, 0.15) is 55.3 Å². The first-order chi connectivity index (χ1) is 19.1. The number of carbonyl (C=O) groups excluding carboxylic acids is 1. The summed E-state index contributed by atoms with van der Waals surface area (Å²) in [6, 6.07) is 9.29. The number of alkyl halides is 3. The highest BCUT2D eigenvalue weighted by Gasteiger charge is 2.60. The standard InChI is InChI=1S/C30H32F4N4O2/c31-23-3-5-24(6-4-23)40-29(18-35)9-10-36-16-25(29)19-12-21-2-1-8-28(21,14-19)27(39)38-11-7-26-20(17-38)13-22(15-37-26)30(32,33)34/h3-6,13,15,19,21,25,36H,1-2,7-12,14,16-17H2/t19-,21-,25?,28-,29?/m1/s1. The average Bonchev–Trinajstić information content (AvgIpc) is 3.52. The number of hydrogen-bond acceptors (Lipinski definition) is 5. The second kappa shape index (κ2) is 10.0. The van der Waals surface area contributed by atoms with Gasteiger partial charge >= 0.3 is 6.18 Å². The van der Waals surface area contributed by atoms with E-state index in [4.69, 9.17) is 4.74 Å². The number of hydrogen-bond donors (Lipinski definition) is 1. The Morgan fingerprint density at radius 1 is 1.23 bits per heavy atom. The largest absolute Gasteiger partial charge is 0.472 e. The van der Waals surface area contributed by atoms with E-state index in [1.54, 1.807) is 4.90 Å². The van der Waals surface area contributed by atoms with E-state index in [1.807, 2.05) is 0 Å². The fraction of sp³-hybridized carbons (Fsp3) is 0.567. The van der Waals surface area contributed by atoms with Crippen LogP contribution in [0.5, 0.6) is 5.75 Å². The first-order valence-electron chi connectivity index (χ1n) is 14.0. The van der Waals surface area contributed by atoms with E-state index in [2.05, 4.69) is 16.4 Å². The monoisotopic (exact) mass is 556 g/mol. The van der Waals surface area contributed by atoms with Crippen molar-refractivity contribution < 1.29 is 27.1 Å². The molecule has 3 heterocycles. The Bertz CT molecular complexity index is 1330. The van der Waals surface area contributed by atoms with Gasteiger partial charge in [0.25, 0.3) is 0 Å². The third kappa shape index (κ3) is 4.62. The Morgan fingerprint density at radius 3 is 2.77 bits per heavy atom. The molecule has 10 heteroatoms. The molecule has 1 N–H and O–H groups in total. The second-order valence-corrected chi connectivity index (χ2v) is 11.9. The summed E-state index contributed by atoms with van der Waals surface area (Å²) in [5.74, 6) is 0.152. The molecule has 0 radical (unpaired) electrons. The van der Waals surface area contributed by atoms with Gasteiger partial charge in [-0.3, -0.25) is 9.78 Å². The van der Waals surface area contributed by atoms with Crippen LogP contribution in [0.25, 0.3) is 0 Å². The number of carbonyl (C=O) groups is 1. The zero-order valence-electron chi connectivity index (χ0n) is 22.1. The lowest BCUT2D eigenvalue weighted by molar-refractivity contribution is -0.144. The second-order valence-electron chi connectivity index (χ2n) is 11.9. The lowest BCUT2D eigenvalue weighted by atomic mass is 9.71. The van der Waals surface area contributed by atoms with Crippen LogP contribution in [0.3, 0.4) is 0 Å². The highest BCUT2D eigenvalue weighted by Crippen LogP contribution is 2.60. The number of nitrogens with zero attached hydrogens (tertiary/aromatic N) is 3. The molecule has 6 nitrogen and oxygen atoms in total. The fourth-order valence-corrected chi connectivity index (χ4v) is 7.85. The zero-order valence-corrected chi connectivity index (χ0v) is 22.1. The molecular weight excluding hydrogens is 524 g/mol. The van der Waals surface area contributed by atoms with Crippen molar-refractivity contribution in [1.29, 1.82) is 5.26 Å². The topological polar surface area (TPSA) is 78.2 Å². The smallest absolute Gasteiger partial charge is 0.417 e. The van der Waals surface area contributed by atoms with Crippen molar-refractivity contribution >= 4 is 5.91 Å². The summed E-state index contributed by atoms with van der Waals surface area (Å²) in [5, 5.41) is 13.8. The molecule has 2 aliphatic carbocycles. The molecule has 1 saturated heterocycles. The highest BCUT2D eigenvalue weighted by atomic mass is 19.4. The Labute approximate surface area is 230 Å². The van der Waals surface area contributed by atoms with Gasteiger partial charge in [-0.15, -0.1) is 0 Å². The molecule has 1 amide bonds.